The number of hydrogen-bond donors (Lipinski definition) is 1. The lowest BCUT2D eigenvalue weighted by atomic mass is 9.93. The van der Waals surface area contributed by atoms with Gasteiger partial charge in [-0.1, -0.05) is 23.8 Å². The molecule has 0 spiro atoms. The van der Waals surface area contributed by atoms with Gasteiger partial charge in [-0.3, -0.25) is 14.9 Å². The first kappa shape index (κ1) is 13.1. The fourth-order valence-electron chi connectivity index (χ4n) is 3.05. The van der Waals surface area contributed by atoms with E-state index in [4.69, 9.17) is 11.6 Å². The van der Waals surface area contributed by atoms with E-state index in [0.717, 1.165) is 12.8 Å². The van der Waals surface area contributed by atoms with Crippen molar-refractivity contribution in [2.75, 3.05) is 5.32 Å². The largest absolute Gasteiger partial charge is 0.326 e. The molecule has 2 bridgehead atoms. The zero-order chi connectivity index (χ0) is 14.3. The van der Waals surface area contributed by atoms with Crippen molar-refractivity contribution in [3.63, 3.8) is 0 Å². The summed E-state index contributed by atoms with van der Waals surface area (Å²) in [5.74, 6) is 0.718. The Labute approximate surface area is 120 Å². The Morgan fingerprint density at radius 1 is 1.35 bits per heavy atom. The van der Waals surface area contributed by atoms with Gasteiger partial charge in [0.2, 0.25) is 5.91 Å². The second-order valence-corrected chi connectivity index (χ2v) is 5.71. The smallest absolute Gasteiger partial charge is 0.289 e. The van der Waals surface area contributed by atoms with Crippen molar-refractivity contribution >= 4 is 28.9 Å². The number of nitrogens with zero attached hydrogens (tertiary/aromatic N) is 1. The molecule has 0 radical (unpaired) electrons. The summed E-state index contributed by atoms with van der Waals surface area (Å²) >= 11 is 5.74. The van der Waals surface area contributed by atoms with E-state index >= 15 is 0 Å². The van der Waals surface area contributed by atoms with Crippen LogP contribution in [0.3, 0.4) is 0 Å². The van der Waals surface area contributed by atoms with Gasteiger partial charge in [0.15, 0.2) is 0 Å². The second-order valence-electron chi connectivity index (χ2n) is 5.30. The molecule has 3 atom stereocenters. The Balaban J connectivity index is 1.75. The fraction of sp³-hybridized carbons (Fsp3) is 0.357. The Bertz CT molecular complexity index is 614. The van der Waals surface area contributed by atoms with E-state index < -0.39 is 4.92 Å². The summed E-state index contributed by atoms with van der Waals surface area (Å²) in [6.45, 7) is 0. The minimum atomic E-state index is -0.557. The molecule has 0 saturated heterocycles. The summed E-state index contributed by atoms with van der Waals surface area (Å²) in [4.78, 5) is 22.5. The van der Waals surface area contributed by atoms with Crippen molar-refractivity contribution in [2.45, 2.75) is 12.8 Å². The first-order valence-corrected chi connectivity index (χ1v) is 6.85. The van der Waals surface area contributed by atoms with Gasteiger partial charge >= 0.3 is 0 Å². The van der Waals surface area contributed by atoms with Gasteiger partial charge in [-0.25, -0.2) is 0 Å². The molecule has 3 unspecified atom stereocenters. The maximum absolute atomic E-state index is 12.2. The normalized spacial score (nSPS) is 26.8. The van der Waals surface area contributed by atoms with E-state index in [1.165, 1.54) is 12.1 Å². The number of fused-ring (bicyclic) bond motifs is 2. The number of allylic oxidation sites excluding steroid dienone is 2. The van der Waals surface area contributed by atoms with E-state index in [0.29, 0.717) is 17.5 Å². The molecule has 1 amide bonds. The molecule has 1 aromatic rings. The number of nitro benzene ring substituents is 1. The number of anilines is 1. The lowest BCUT2D eigenvalue weighted by Gasteiger charge is -2.17. The molecule has 0 aromatic heterocycles. The molecule has 0 heterocycles. The minimum absolute atomic E-state index is 0.0280. The lowest BCUT2D eigenvalue weighted by Crippen LogP contribution is -2.25. The molecule has 1 aromatic carbocycles. The molecule has 5 nitrogen and oxygen atoms in total. The first-order chi connectivity index (χ1) is 9.54. The molecule has 1 saturated carbocycles. The highest BCUT2D eigenvalue weighted by Crippen LogP contribution is 2.43. The van der Waals surface area contributed by atoms with E-state index in [1.807, 2.05) is 0 Å². The molecule has 104 valence electrons. The maximum Gasteiger partial charge on any atom is 0.289 e. The summed E-state index contributed by atoms with van der Waals surface area (Å²) < 4.78 is 0. The average molecular weight is 293 g/mol. The predicted octanol–water partition coefficient (Wildman–Crippen LogP) is 3.40. The highest BCUT2D eigenvalue weighted by molar-refractivity contribution is 6.32. The summed E-state index contributed by atoms with van der Waals surface area (Å²) in [5, 5.41) is 13.6. The van der Waals surface area contributed by atoms with Gasteiger partial charge in [-0.05, 0) is 36.8 Å². The zero-order valence-electron chi connectivity index (χ0n) is 10.6. The van der Waals surface area contributed by atoms with Gasteiger partial charge in [0, 0.05) is 17.7 Å². The van der Waals surface area contributed by atoms with Crippen LogP contribution in [-0.4, -0.2) is 10.8 Å². The van der Waals surface area contributed by atoms with Crippen LogP contribution in [0.5, 0.6) is 0 Å². The van der Waals surface area contributed by atoms with E-state index in [-0.39, 0.29) is 22.5 Å². The van der Waals surface area contributed by atoms with E-state index in [9.17, 15) is 14.9 Å². The van der Waals surface area contributed by atoms with Crippen molar-refractivity contribution in [1.82, 2.24) is 0 Å². The number of nitro groups is 1. The average Bonchev–Trinajstić information content (AvgIpc) is 3.03. The Hall–Kier alpha value is -1.88. The quantitative estimate of drug-likeness (QED) is 0.527. The fourth-order valence-corrected chi connectivity index (χ4v) is 3.23. The van der Waals surface area contributed by atoms with Crippen molar-refractivity contribution < 1.29 is 9.72 Å². The highest BCUT2D eigenvalue weighted by atomic mass is 35.5. The molecule has 2 aliphatic rings. The number of amides is 1. The Morgan fingerprint density at radius 2 is 2.15 bits per heavy atom. The van der Waals surface area contributed by atoms with Crippen molar-refractivity contribution in [3.8, 4) is 0 Å². The van der Waals surface area contributed by atoms with Crippen LogP contribution in [0.1, 0.15) is 12.8 Å². The third-order valence-corrected chi connectivity index (χ3v) is 4.35. The summed E-state index contributed by atoms with van der Waals surface area (Å²) in [6, 6.07) is 4.30. The van der Waals surface area contributed by atoms with Gasteiger partial charge in [0.1, 0.15) is 5.02 Å². The minimum Gasteiger partial charge on any atom is -0.326 e. The Kier molecular flexibility index (Phi) is 3.22. The SMILES string of the molecule is O=C(Nc1ccc(Cl)c([N+](=O)[O-])c1)C1CC2C=CC1C2. The molecular formula is C14H13ClN2O3. The Morgan fingerprint density at radius 3 is 2.75 bits per heavy atom. The van der Waals surface area contributed by atoms with Crippen LogP contribution in [0, 0.1) is 27.9 Å². The molecule has 1 fully saturated rings. The zero-order valence-corrected chi connectivity index (χ0v) is 11.3. The number of carbonyl (C=O) groups is 1. The summed E-state index contributed by atoms with van der Waals surface area (Å²) in [6.07, 6.45) is 6.17. The van der Waals surface area contributed by atoms with Crippen molar-refractivity contribution in [1.29, 1.82) is 0 Å². The molecule has 2 aliphatic carbocycles. The monoisotopic (exact) mass is 292 g/mol. The number of nitrogens with one attached hydrogen (secondary N) is 1. The molecule has 3 rings (SSSR count). The predicted molar refractivity (Wildman–Crippen MR) is 75.6 cm³/mol. The van der Waals surface area contributed by atoms with Crippen LogP contribution in [0.4, 0.5) is 11.4 Å². The number of carbonyl (C=O) groups excluding carboxylic acids is 1. The number of halogens is 1. The molecule has 20 heavy (non-hydrogen) atoms. The number of hydrogen-bond acceptors (Lipinski definition) is 3. The van der Waals surface area contributed by atoms with Crippen LogP contribution in [0.2, 0.25) is 5.02 Å². The van der Waals surface area contributed by atoms with Gasteiger partial charge in [0.25, 0.3) is 5.69 Å². The number of benzene rings is 1. The molecule has 6 heteroatoms. The highest BCUT2D eigenvalue weighted by Gasteiger charge is 2.39. The summed E-state index contributed by atoms with van der Waals surface area (Å²) in [5.41, 5.74) is 0.218. The summed E-state index contributed by atoms with van der Waals surface area (Å²) in [7, 11) is 0. The third-order valence-electron chi connectivity index (χ3n) is 4.03. The van der Waals surface area contributed by atoms with Gasteiger partial charge in [0.05, 0.1) is 4.92 Å². The molecular weight excluding hydrogens is 280 g/mol. The van der Waals surface area contributed by atoms with E-state index in [1.54, 1.807) is 6.07 Å². The van der Waals surface area contributed by atoms with E-state index in [2.05, 4.69) is 17.5 Å². The third kappa shape index (κ3) is 2.29. The lowest BCUT2D eigenvalue weighted by molar-refractivity contribution is -0.384. The van der Waals surface area contributed by atoms with Crippen LogP contribution in [0.25, 0.3) is 0 Å². The van der Waals surface area contributed by atoms with Crippen molar-refractivity contribution in [3.05, 3.63) is 45.5 Å². The van der Waals surface area contributed by atoms with Gasteiger partial charge < -0.3 is 5.32 Å². The molecule has 1 N–H and O–H groups in total. The van der Waals surface area contributed by atoms with Crippen LogP contribution < -0.4 is 5.32 Å². The standard InChI is InChI=1S/C14H13ClN2O3/c15-12-4-3-10(7-13(12)17(19)20)16-14(18)11-6-8-1-2-9(11)5-8/h1-4,7-9,11H,5-6H2,(H,16,18). The second kappa shape index (κ2) is 4.90. The molecule has 0 aliphatic heterocycles. The maximum atomic E-state index is 12.2. The van der Waals surface area contributed by atoms with Gasteiger partial charge in [-0.15, -0.1) is 0 Å². The van der Waals surface area contributed by atoms with Gasteiger partial charge in [-0.2, -0.15) is 0 Å². The first-order valence-electron chi connectivity index (χ1n) is 6.47. The van der Waals surface area contributed by atoms with Crippen LogP contribution in [0.15, 0.2) is 30.4 Å². The van der Waals surface area contributed by atoms with Crippen LogP contribution >= 0.6 is 11.6 Å². The van der Waals surface area contributed by atoms with Crippen molar-refractivity contribution in [2.24, 2.45) is 17.8 Å². The number of rotatable bonds is 3. The van der Waals surface area contributed by atoms with Crippen LogP contribution in [-0.2, 0) is 4.79 Å². The topological polar surface area (TPSA) is 72.2 Å².